The molecule has 0 aromatic carbocycles. The van der Waals surface area contributed by atoms with Gasteiger partial charge in [0.2, 0.25) is 0 Å². The SMILES string of the molecule is Cc1nc(CCNc2nc(C)c(C)nc2Cl)cs1. The van der Waals surface area contributed by atoms with Crippen molar-refractivity contribution in [2.75, 3.05) is 11.9 Å². The van der Waals surface area contributed by atoms with Gasteiger partial charge in [-0.15, -0.1) is 11.3 Å². The zero-order valence-corrected chi connectivity index (χ0v) is 12.2. The average molecular weight is 283 g/mol. The maximum absolute atomic E-state index is 6.04. The Morgan fingerprint density at radius 2 is 1.89 bits per heavy atom. The van der Waals surface area contributed by atoms with Gasteiger partial charge >= 0.3 is 0 Å². The highest BCUT2D eigenvalue weighted by Crippen LogP contribution is 2.18. The number of nitrogens with one attached hydrogen (secondary N) is 1. The average Bonchev–Trinajstić information content (AvgIpc) is 2.71. The first-order valence-electron chi connectivity index (χ1n) is 5.72. The summed E-state index contributed by atoms with van der Waals surface area (Å²) < 4.78 is 0. The van der Waals surface area contributed by atoms with E-state index in [1.807, 2.05) is 20.8 Å². The molecule has 2 aromatic rings. The van der Waals surface area contributed by atoms with Gasteiger partial charge < -0.3 is 5.32 Å². The molecule has 0 unspecified atom stereocenters. The van der Waals surface area contributed by atoms with E-state index in [1.54, 1.807) is 11.3 Å². The molecule has 0 aliphatic rings. The molecular formula is C12H15ClN4S. The smallest absolute Gasteiger partial charge is 0.171 e. The number of hydrogen-bond acceptors (Lipinski definition) is 5. The first kappa shape index (κ1) is 13.2. The van der Waals surface area contributed by atoms with Gasteiger partial charge in [0.05, 0.1) is 22.1 Å². The minimum atomic E-state index is 0.424. The van der Waals surface area contributed by atoms with E-state index >= 15 is 0 Å². The van der Waals surface area contributed by atoms with Crippen molar-refractivity contribution in [3.63, 3.8) is 0 Å². The van der Waals surface area contributed by atoms with Gasteiger partial charge in [-0.05, 0) is 20.8 Å². The van der Waals surface area contributed by atoms with E-state index in [9.17, 15) is 0 Å². The molecule has 0 atom stereocenters. The van der Waals surface area contributed by atoms with Crippen LogP contribution in [0.4, 0.5) is 5.82 Å². The summed E-state index contributed by atoms with van der Waals surface area (Å²) in [5.74, 6) is 0.645. The predicted octanol–water partition coefficient (Wildman–Crippen LogP) is 3.17. The zero-order valence-electron chi connectivity index (χ0n) is 10.6. The summed E-state index contributed by atoms with van der Waals surface area (Å²) in [6.45, 7) is 6.58. The van der Waals surface area contributed by atoms with Gasteiger partial charge in [-0.1, -0.05) is 11.6 Å². The lowest BCUT2D eigenvalue weighted by atomic mass is 10.3. The number of hydrogen-bond donors (Lipinski definition) is 1. The monoisotopic (exact) mass is 282 g/mol. The van der Waals surface area contributed by atoms with Gasteiger partial charge in [-0.3, -0.25) is 0 Å². The molecule has 0 saturated heterocycles. The van der Waals surface area contributed by atoms with Gasteiger partial charge in [-0.2, -0.15) is 0 Å². The van der Waals surface area contributed by atoms with Crippen LogP contribution in [0.2, 0.25) is 5.15 Å². The van der Waals surface area contributed by atoms with Gasteiger partial charge in [-0.25, -0.2) is 15.0 Å². The van der Waals surface area contributed by atoms with Crippen molar-refractivity contribution < 1.29 is 0 Å². The number of halogens is 1. The molecule has 0 aliphatic carbocycles. The van der Waals surface area contributed by atoms with Gasteiger partial charge in [0.15, 0.2) is 11.0 Å². The first-order valence-corrected chi connectivity index (χ1v) is 6.97. The molecule has 6 heteroatoms. The van der Waals surface area contributed by atoms with Crippen LogP contribution < -0.4 is 5.32 Å². The van der Waals surface area contributed by atoms with Crippen molar-refractivity contribution >= 4 is 28.8 Å². The Labute approximate surface area is 115 Å². The lowest BCUT2D eigenvalue weighted by Gasteiger charge is -2.08. The summed E-state index contributed by atoms with van der Waals surface area (Å²) in [4.78, 5) is 13.0. The van der Waals surface area contributed by atoms with Crippen molar-refractivity contribution in [2.24, 2.45) is 0 Å². The van der Waals surface area contributed by atoms with Crippen LogP contribution in [0, 0.1) is 20.8 Å². The second kappa shape index (κ2) is 5.63. The summed E-state index contributed by atoms with van der Waals surface area (Å²) in [7, 11) is 0. The fraction of sp³-hybridized carbons (Fsp3) is 0.417. The maximum Gasteiger partial charge on any atom is 0.171 e. The van der Waals surface area contributed by atoms with E-state index in [1.165, 1.54) is 0 Å². The van der Waals surface area contributed by atoms with Crippen LogP contribution >= 0.6 is 22.9 Å². The molecular weight excluding hydrogens is 268 g/mol. The first-order chi connectivity index (χ1) is 8.56. The van der Waals surface area contributed by atoms with Crippen molar-refractivity contribution in [2.45, 2.75) is 27.2 Å². The number of aryl methyl sites for hydroxylation is 3. The van der Waals surface area contributed by atoms with Crippen LogP contribution in [-0.4, -0.2) is 21.5 Å². The van der Waals surface area contributed by atoms with Crippen LogP contribution in [0.5, 0.6) is 0 Å². The predicted molar refractivity (Wildman–Crippen MR) is 75.6 cm³/mol. The second-order valence-corrected chi connectivity index (χ2v) is 5.49. The molecule has 0 saturated carbocycles. The molecule has 18 heavy (non-hydrogen) atoms. The van der Waals surface area contributed by atoms with E-state index in [2.05, 4.69) is 25.6 Å². The molecule has 96 valence electrons. The topological polar surface area (TPSA) is 50.7 Å². The number of aromatic nitrogens is 3. The fourth-order valence-electron chi connectivity index (χ4n) is 1.52. The third-order valence-electron chi connectivity index (χ3n) is 2.60. The van der Waals surface area contributed by atoms with Crippen molar-refractivity contribution in [3.8, 4) is 0 Å². The Bertz CT molecular complexity index is 553. The van der Waals surface area contributed by atoms with Crippen LogP contribution in [0.3, 0.4) is 0 Å². The van der Waals surface area contributed by atoms with Crippen LogP contribution in [0.1, 0.15) is 22.1 Å². The largest absolute Gasteiger partial charge is 0.367 e. The second-order valence-electron chi connectivity index (χ2n) is 4.07. The minimum Gasteiger partial charge on any atom is -0.367 e. The van der Waals surface area contributed by atoms with Crippen LogP contribution in [-0.2, 0) is 6.42 Å². The van der Waals surface area contributed by atoms with Gasteiger partial charge in [0.1, 0.15) is 0 Å². The Morgan fingerprint density at radius 1 is 1.17 bits per heavy atom. The Balaban J connectivity index is 1.96. The Hall–Kier alpha value is -1.20. The Kier molecular flexibility index (Phi) is 4.14. The highest BCUT2D eigenvalue weighted by Gasteiger charge is 2.06. The van der Waals surface area contributed by atoms with Crippen molar-refractivity contribution in [3.05, 3.63) is 32.6 Å². The van der Waals surface area contributed by atoms with Gasteiger partial charge in [0.25, 0.3) is 0 Å². The quantitative estimate of drug-likeness (QED) is 0.936. The fourth-order valence-corrected chi connectivity index (χ4v) is 2.40. The molecule has 4 nitrogen and oxygen atoms in total. The molecule has 0 aliphatic heterocycles. The summed E-state index contributed by atoms with van der Waals surface area (Å²) in [5, 5.41) is 6.79. The summed E-state index contributed by atoms with van der Waals surface area (Å²) in [6, 6.07) is 0. The molecule has 2 aromatic heterocycles. The standard InChI is InChI=1S/C12H15ClN4S/c1-7-8(2)16-12(11(13)15-7)14-5-4-10-6-18-9(3)17-10/h6H,4-5H2,1-3H3,(H,14,16). The molecule has 0 amide bonds. The summed E-state index contributed by atoms with van der Waals surface area (Å²) >= 11 is 7.70. The van der Waals surface area contributed by atoms with Crippen LogP contribution in [0.25, 0.3) is 0 Å². The molecule has 0 bridgehead atoms. The third-order valence-corrected chi connectivity index (χ3v) is 3.69. The highest BCUT2D eigenvalue weighted by molar-refractivity contribution is 7.09. The van der Waals surface area contributed by atoms with Crippen LogP contribution in [0.15, 0.2) is 5.38 Å². The zero-order chi connectivity index (χ0) is 13.1. The summed E-state index contributed by atoms with van der Waals surface area (Å²) in [6.07, 6.45) is 0.856. The van der Waals surface area contributed by atoms with E-state index in [-0.39, 0.29) is 0 Å². The van der Waals surface area contributed by atoms with Crippen molar-refractivity contribution in [1.29, 1.82) is 0 Å². The molecule has 1 N–H and O–H groups in total. The number of thiazole rings is 1. The third kappa shape index (κ3) is 3.17. The lowest BCUT2D eigenvalue weighted by molar-refractivity contribution is 0.947. The number of rotatable bonds is 4. The minimum absolute atomic E-state index is 0.424. The van der Waals surface area contributed by atoms with E-state index in [0.29, 0.717) is 11.0 Å². The molecule has 0 fully saturated rings. The Morgan fingerprint density at radius 3 is 2.56 bits per heavy atom. The molecule has 2 rings (SSSR count). The number of anilines is 1. The molecule has 0 radical (unpaired) electrons. The lowest BCUT2D eigenvalue weighted by Crippen LogP contribution is -2.09. The molecule has 0 spiro atoms. The maximum atomic E-state index is 6.04. The van der Waals surface area contributed by atoms with Gasteiger partial charge in [0, 0.05) is 18.3 Å². The van der Waals surface area contributed by atoms with E-state index in [0.717, 1.165) is 35.1 Å². The normalized spacial score (nSPS) is 10.7. The van der Waals surface area contributed by atoms with Crippen molar-refractivity contribution in [1.82, 2.24) is 15.0 Å². The highest BCUT2D eigenvalue weighted by atomic mass is 35.5. The molecule has 2 heterocycles. The van der Waals surface area contributed by atoms with E-state index in [4.69, 9.17) is 11.6 Å². The number of nitrogens with zero attached hydrogens (tertiary/aromatic N) is 3. The summed E-state index contributed by atoms with van der Waals surface area (Å²) in [5.41, 5.74) is 2.85. The van der Waals surface area contributed by atoms with E-state index < -0.39 is 0 Å².